The molecule has 0 radical (unpaired) electrons. The van der Waals surface area contributed by atoms with E-state index in [-0.39, 0.29) is 10.8 Å². The predicted octanol–water partition coefficient (Wildman–Crippen LogP) is 3.82. The molecular weight excluding hydrogens is 358 g/mol. The SMILES string of the molecule is CC(C=NNc1ccc(S(=O)(=O)O)cc1)Cc1nc2ccccc2s1. The molecular formula is C17H17N3O3S2. The lowest BCUT2D eigenvalue weighted by Crippen LogP contribution is -2.03. The van der Waals surface area contributed by atoms with Crippen LogP contribution in [-0.2, 0) is 16.5 Å². The molecule has 8 heteroatoms. The molecule has 0 aliphatic rings. The van der Waals surface area contributed by atoms with Crippen molar-refractivity contribution in [2.24, 2.45) is 11.0 Å². The molecule has 0 amide bonds. The number of hydrogen-bond donors (Lipinski definition) is 2. The smallest absolute Gasteiger partial charge is 0.282 e. The Hall–Kier alpha value is -2.29. The fourth-order valence-electron chi connectivity index (χ4n) is 2.28. The van der Waals surface area contributed by atoms with Gasteiger partial charge >= 0.3 is 0 Å². The molecule has 0 saturated carbocycles. The van der Waals surface area contributed by atoms with E-state index in [1.54, 1.807) is 29.7 Å². The summed E-state index contributed by atoms with van der Waals surface area (Å²) in [6.45, 7) is 2.05. The van der Waals surface area contributed by atoms with E-state index in [1.807, 2.05) is 18.2 Å². The minimum Gasteiger partial charge on any atom is -0.282 e. The van der Waals surface area contributed by atoms with Gasteiger partial charge in [0.1, 0.15) is 0 Å². The fraction of sp³-hybridized carbons (Fsp3) is 0.176. The maximum atomic E-state index is 11.0. The van der Waals surface area contributed by atoms with Crippen LogP contribution in [0.5, 0.6) is 0 Å². The van der Waals surface area contributed by atoms with Gasteiger partial charge in [-0.05, 0) is 42.3 Å². The maximum Gasteiger partial charge on any atom is 0.294 e. The highest BCUT2D eigenvalue weighted by Gasteiger charge is 2.09. The van der Waals surface area contributed by atoms with Crippen molar-refractivity contribution >= 4 is 43.6 Å². The summed E-state index contributed by atoms with van der Waals surface area (Å²) in [5, 5.41) is 5.24. The lowest BCUT2D eigenvalue weighted by Gasteiger charge is -2.04. The molecule has 1 heterocycles. The van der Waals surface area contributed by atoms with Crippen LogP contribution in [0.25, 0.3) is 10.2 Å². The minimum absolute atomic E-state index is 0.147. The number of para-hydroxylation sites is 1. The zero-order valence-corrected chi connectivity index (χ0v) is 15.1. The highest BCUT2D eigenvalue weighted by Crippen LogP contribution is 2.23. The van der Waals surface area contributed by atoms with Gasteiger partial charge in [-0.1, -0.05) is 19.1 Å². The van der Waals surface area contributed by atoms with Crippen LogP contribution in [0.1, 0.15) is 11.9 Å². The Morgan fingerprint density at radius 3 is 2.64 bits per heavy atom. The van der Waals surface area contributed by atoms with E-state index in [4.69, 9.17) is 4.55 Å². The standard InChI is InChI=1S/C17H17N3O3S2/c1-12(10-17-19-15-4-2-3-5-16(15)24-17)11-18-20-13-6-8-14(9-7-13)25(21,22)23/h2-9,11-12,20H,10H2,1H3,(H,21,22,23). The Bertz CT molecular complexity index is 962. The molecule has 0 aliphatic heterocycles. The molecule has 0 fully saturated rings. The molecule has 6 nitrogen and oxygen atoms in total. The predicted molar refractivity (Wildman–Crippen MR) is 101 cm³/mol. The van der Waals surface area contributed by atoms with E-state index in [9.17, 15) is 8.42 Å². The average Bonchev–Trinajstić information content (AvgIpc) is 2.96. The summed E-state index contributed by atoms with van der Waals surface area (Å²) in [6.07, 6.45) is 2.59. The summed E-state index contributed by atoms with van der Waals surface area (Å²) in [4.78, 5) is 4.46. The summed E-state index contributed by atoms with van der Waals surface area (Å²) in [5.74, 6) is 0.199. The van der Waals surface area contributed by atoms with Gasteiger partial charge in [-0.15, -0.1) is 11.3 Å². The Morgan fingerprint density at radius 2 is 1.96 bits per heavy atom. The number of anilines is 1. The molecule has 25 heavy (non-hydrogen) atoms. The van der Waals surface area contributed by atoms with Gasteiger partial charge in [0.05, 0.1) is 25.8 Å². The molecule has 130 valence electrons. The van der Waals surface area contributed by atoms with Crippen molar-refractivity contribution in [3.8, 4) is 0 Å². The molecule has 2 aromatic carbocycles. The topological polar surface area (TPSA) is 91.7 Å². The van der Waals surface area contributed by atoms with E-state index in [0.29, 0.717) is 5.69 Å². The number of fused-ring (bicyclic) bond motifs is 1. The molecule has 0 aliphatic carbocycles. The molecule has 3 aromatic rings. The van der Waals surface area contributed by atoms with Gasteiger partial charge in [-0.3, -0.25) is 9.98 Å². The Labute approximate surface area is 150 Å². The second kappa shape index (κ2) is 7.30. The van der Waals surface area contributed by atoms with E-state index >= 15 is 0 Å². The van der Waals surface area contributed by atoms with Crippen molar-refractivity contribution in [2.45, 2.75) is 18.2 Å². The monoisotopic (exact) mass is 375 g/mol. The van der Waals surface area contributed by atoms with Crippen LogP contribution in [0.2, 0.25) is 0 Å². The van der Waals surface area contributed by atoms with Gasteiger partial charge in [0.2, 0.25) is 0 Å². The van der Waals surface area contributed by atoms with Crippen LogP contribution in [0.3, 0.4) is 0 Å². The van der Waals surface area contributed by atoms with Crippen LogP contribution in [0.15, 0.2) is 58.5 Å². The van der Waals surface area contributed by atoms with E-state index in [1.165, 1.54) is 16.8 Å². The van der Waals surface area contributed by atoms with Crippen molar-refractivity contribution in [1.29, 1.82) is 0 Å². The molecule has 1 aromatic heterocycles. The third-order valence-electron chi connectivity index (χ3n) is 3.51. The van der Waals surface area contributed by atoms with Crippen LogP contribution < -0.4 is 5.43 Å². The van der Waals surface area contributed by atoms with Crippen molar-refractivity contribution in [2.75, 3.05) is 5.43 Å². The van der Waals surface area contributed by atoms with Gasteiger partial charge in [-0.2, -0.15) is 13.5 Å². The number of aromatic nitrogens is 1. The molecule has 1 unspecified atom stereocenters. The molecule has 0 saturated heterocycles. The Balaban J connectivity index is 1.58. The minimum atomic E-state index is -4.17. The number of hydrogen-bond acceptors (Lipinski definition) is 6. The summed E-state index contributed by atoms with van der Waals surface area (Å²) < 4.78 is 32.1. The summed E-state index contributed by atoms with van der Waals surface area (Å²) in [7, 11) is -4.17. The number of hydrazone groups is 1. The first-order valence-electron chi connectivity index (χ1n) is 7.63. The molecule has 0 spiro atoms. The third-order valence-corrected chi connectivity index (χ3v) is 5.44. The lowest BCUT2D eigenvalue weighted by atomic mass is 10.1. The molecule has 1 atom stereocenters. The van der Waals surface area contributed by atoms with Crippen molar-refractivity contribution in [3.05, 3.63) is 53.5 Å². The summed E-state index contributed by atoms with van der Waals surface area (Å²) >= 11 is 1.69. The molecule has 0 bridgehead atoms. The second-order valence-corrected chi connectivity index (χ2v) is 8.18. The highest BCUT2D eigenvalue weighted by atomic mass is 32.2. The first-order chi connectivity index (χ1) is 11.9. The van der Waals surface area contributed by atoms with E-state index < -0.39 is 10.1 Å². The van der Waals surface area contributed by atoms with Gasteiger partial charge in [0.15, 0.2) is 0 Å². The van der Waals surface area contributed by atoms with Crippen LogP contribution in [0, 0.1) is 5.92 Å². The quantitative estimate of drug-likeness (QED) is 0.388. The van der Waals surface area contributed by atoms with Crippen LogP contribution >= 0.6 is 11.3 Å². The highest BCUT2D eigenvalue weighted by molar-refractivity contribution is 7.85. The summed E-state index contributed by atoms with van der Waals surface area (Å²) in [5.41, 5.74) is 4.49. The second-order valence-electron chi connectivity index (χ2n) is 5.65. The fourth-order valence-corrected chi connectivity index (χ4v) is 3.86. The van der Waals surface area contributed by atoms with Crippen LogP contribution in [0.4, 0.5) is 5.69 Å². The van der Waals surface area contributed by atoms with E-state index in [0.717, 1.165) is 16.9 Å². The number of benzene rings is 2. The number of nitrogens with one attached hydrogen (secondary N) is 1. The van der Waals surface area contributed by atoms with Crippen molar-refractivity contribution < 1.29 is 13.0 Å². The van der Waals surface area contributed by atoms with Crippen molar-refractivity contribution in [1.82, 2.24) is 4.98 Å². The van der Waals surface area contributed by atoms with E-state index in [2.05, 4.69) is 28.5 Å². The normalized spacial score (nSPS) is 13.4. The molecule has 2 N–H and O–H groups in total. The lowest BCUT2D eigenvalue weighted by molar-refractivity contribution is 0.483. The number of nitrogens with zero attached hydrogens (tertiary/aromatic N) is 2. The molecule has 3 rings (SSSR count). The van der Waals surface area contributed by atoms with Crippen molar-refractivity contribution in [3.63, 3.8) is 0 Å². The van der Waals surface area contributed by atoms with Gasteiger partial charge in [-0.25, -0.2) is 4.98 Å². The average molecular weight is 375 g/mol. The summed E-state index contributed by atoms with van der Waals surface area (Å²) in [6, 6.07) is 13.8. The first kappa shape index (κ1) is 17.5. The Kier molecular flexibility index (Phi) is 5.12. The Morgan fingerprint density at radius 1 is 1.24 bits per heavy atom. The largest absolute Gasteiger partial charge is 0.294 e. The number of thiazole rings is 1. The van der Waals surface area contributed by atoms with Crippen LogP contribution in [-0.4, -0.2) is 24.2 Å². The first-order valence-corrected chi connectivity index (χ1v) is 9.89. The zero-order chi connectivity index (χ0) is 17.9. The van der Waals surface area contributed by atoms with Gasteiger partial charge in [0, 0.05) is 12.6 Å². The van der Waals surface area contributed by atoms with Gasteiger partial charge in [0.25, 0.3) is 10.1 Å². The third kappa shape index (κ3) is 4.62. The van der Waals surface area contributed by atoms with Gasteiger partial charge < -0.3 is 0 Å². The zero-order valence-electron chi connectivity index (χ0n) is 13.5. The maximum absolute atomic E-state index is 11.0. The number of rotatable bonds is 6.